The van der Waals surface area contributed by atoms with E-state index in [4.69, 9.17) is 0 Å². The number of halogens is 1. The van der Waals surface area contributed by atoms with E-state index in [0.717, 1.165) is 36.3 Å². The highest BCUT2D eigenvalue weighted by Crippen LogP contribution is 2.32. The van der Waals surface area contributed by atoms with Crippen molar-refractivity contribution < 1.29 is 0 Å². The van der Waals surface area contributed by atoms with Crippen molar-refractivity contribution in [2.45, 2.75) is 13.0 Å². The molecule has 1 aromatic heterocycles. The molecule has 0 radical (unpaired) electrons. The van der Waals surface area contributed by atoms with Crippen LogP contribution in [0.15, 0.2) is 47.1 Å². The van der Waals surface area contributed by atoms with Gasteiger partial charge in [0, 0.05) is 36.8 Å². The maximum absolute atomic E-state index is 4.69. The number of benzene rings is 1. The predicted molar refractivity (Wildman–Crippen MR) is 89.4 cm³/mol. The Labute approximate surface area is 134 Å². The average molecular weight is 346 g/mol. The van der Waals surface area contributed by atoms with Gasteiger partial charge in [-0.3, -0.25) is 9.88 Å². The lowest BCUT2D eigenvalue weighted by atomic mass is 10.00. The van der Waals surface area contributed by atoms with E-state index in [1.165, 1.54) is 11.1 Å². The van der Waals surface area contributed by atoms with E-state index in [-0.39, 0.29) is 6.04 Å². The van der Waals surface area contributed by atoms with E-state index >= 15 is 0 Å². The van der Waals surface area contributed by atoms with Gasteiger partial charge in [0.25, 0.3) is 0 Å². The van der Waals surface area contributed by atoms with Crippen LogP contribution >= 0.6 is 15.9 Å². The van der Waals surface area contributed by atoms with Crippen molar-refractivity contribution in [3.63, 3.8) is 0 Å². The van der Waals surface area contributed by atoms with Crippen LogP contribution in [-0.4, -0.2) is 36.1 Å². The number of nitrogens with one attached hydrogen (secondary N) is 1. The summed E-state index contributed by atoms with van der Waals surface area (Å²) in [5.41, 5.74) is 3.61. The van der Waals surface area contributed by atoms with Gasteiger partial charge in [-0.2, -0.15) is 0 Å². The van der Waals surface area contributed by atoms with Crippen molar-refractivity contribution >= 4 is 15.9 Å². The quantitative estimate of drug-likeness (QED) is 0.926. The fraction of sp³-hybridized carbons (Fsp3) is 0.353. The van der Waals surface area contributed by atoms with E-state index < -0.39 is 0 Å². The molecule has 0 amide bonds. The third kappa shape index (κ3) is 3.34. The molecule has 4 heteroatoms. The van der Waals surface area contributed by atoms with Gasteiger partial charge < -0.3 is 5.32 Å². The number of hydrogen-bond donors (Lipinski definition) is 1. The molecule has 1 aromatic carbocycles. The Morgan fingerprint density at radius 2 is 1.90 bits per heavy atom. The maximum atomic E-state index is 4.69. The summed E-state index contributed by atoms with van der Waals surface area (Å²) in [4.78, 5) is 7.20. The monoisotopic (exact) mass is 345 g/mol. The van der Waals surface area contributed by atoms with Gasteiger partial charge in [0.2, 0.25) is 0 Å². The number of hydrogen-bond acceptors (Lipinski definition) is 3. The lowest BCUT2D eigenvalue weighted by molar-refractivity contribution is 0.195. The Balaban J connectivity index is 2.01. The zero-order valence-corrected chi connectivity index (χ0v) is 13.8. The second kappa shape index (κ2) is 6.69. The van der Waals surface area contributed by atoms with Gasteiger partial charge in [-0.1, -0.05) is 40.2 Å². The zero-order chi connectivity index (χ0) is 14.7. The number of piperazine rings is 1. The molecule has 1 N–H and O–H groups in total. The molecule has 1 atom stereocenters. The molecule has 1 aliphatic heterocycles. The van der Waals surface area contributed by atoms with Crippen LogP contribution in [-0.2, 0) is 0 Å². The first kappa shape index (κ1) is 14.7. The Kier molecular flexibility index (Phi) is 4.68. The Bertz CT molecular complexity index is 591. The van der Waals surface area contributed by atoms with Crippen LogP contribution < -0.4 is 5.32 Å². The summed E-state index contributed by atoms with van der Waals surface area (Å²) in [5.74, 6) is 0. The van der Waals surface area contributed by atoms with E-state index in [2.05, 4.69) is 74.5 Å². The Morgan fingerprint density at radius 3 is 2.57 bits per heavy atom. The number of aromatic nitrogens is 1. The molecule has 3 nitrogen and oxygen atoms in total. The minimum absolute atomic E-state index is 0.211. The van der Waals surface area contributed by atoms with Crippen LogP contribution in [0.4, 0.5) is 0 Å². The minimum atomic E-state index is 0.211. The maximum Gasteiger partial charge on any atom is 0.0788 e. The molecule has 1 saturated heterocycles. The van der Waals surface area contributed by atoms with Crippen LogP contribution in [0.5, 0.6) is 0 Å². The van der Waals surface area contributed by atoms with E-state index in [0.29, 0.717) is 0 Å². The first-order valence-corrected chi connectivity index (χ1v) is 8.17. The average Bonchev–Trinajstić information content (AvgIpc) is 2.52. The summed E-state index contributed by atoms with van der Waals surface area (Å²) in [6, 6.07) is 13.0. The van der Waals surface area contributed by atoms with Crippen LogP contribution in [0.1, 0.15) is 22.9 Å². The SMILES string of the molecule is Cc1ccc(C(c2ccccc2Br)N2CCNCC2)nc1. The molecule has 0 bridgehead atoms. The first-order valence-electron chi connectivity index (χ1n) is 7.37. The standard InChI is InChI=1S/C17H20BrN3/c1-13-6-7-16(20-12-13)17(21-10-8-19-9-11-21)14-4-2-3-5-15(14)18/h2-7,12,17,19H,8-11H2,1H3. The van der Waals surface area contributed by atoms with E-state index in [1.54, 1.807) is 0 Å². The summed E-state index contributed by atoms with van der Waals surface area (Å²) in [7, 11) is 0. The highest BCUT2D eigenvalue weighted by Gasteiger charge is 2.26. The Hall–Kier alpha value is -1.23. The molecule has 1 aliphatic rings. The molecular weight excluding hydrogens is 326 g/mol. The van der Waals surface area contributed by atoms with Crippen molar-refractivity contribution in [2.24, 2.45) is 0 Å². The molecule has 2 heterocycles. The van der Waals surface area contributed by atoms with Gasteiger partial charge in [0.05, 0.1) is 11.7 Å². The molecule has 0 aliphatic carbocycles. The van der Waals surface area contributed by atoms with Crippen LogP contribution in [0, 0.1) is 6.92 Å². The number of nitrogens with zero attached hydrogens (tertiary/aromatic N) is 2. The summed E-state index contributed by atoms with van der Waals surface area (Å²) >= 11 is 3.71. The van der Waals surface area contributed by atoms with Gasteiger partial charge in [0.1, 0.15) is 0 Å². The second-order valence-corrected chi connectivity index (χ2v) is 6.32. The molecule has 1 fully saturated rings. The molecule has 21 heavy (non-hydrogen) atoms. The number of rotatable bonds is 3. The largest absolute Gasteiger partial charge is 0.314 e. The highest BCUT2D eigenvalue weighted by atomic mass is 79.9. The van der Waals surface area contributed by atoms with Crippen LogP contribution in [0.25, 0.3) is 0 Å². The lowest BCUT2D eigenvalue weighted by Gasteiger charge is -2.35. The summed E-state index contributed by atoms with van der Waals surface area (Å²) in [6.45, 7) is 6.23. The van der Waals surface area contributed by atoms with Crippen molar-refractivity contribution in [1.82, 2.24) is 15.2 Å². The summed E-state index contributed by atoms with van der Waals surface area (Å²) < 4.78 is 1.15. The van der Waals surface area contributed by atoms with E-state index in [1.807, 2.05) is 6.20 Å². The topological polar surface area (TPSA) is 28.2 Å². The van der Waals surface area contributed by atoms with Crippen LogP contribution in [0.3, 0.4) is 0 Å². The third-order valence-electron chi connectivity index (χ3n) is 3.93. The fourth-order valence-electron chi connectivity index (χ4n) is 2.82. The molecular formula is C17H20BrN3. The molecule has 1 unspecified atom stereocenters. The molecule has 0 saturated carbocycles. The molecule has 3 rings (SSSR count). The molecule has 2 aromatic rings. The highest BCUT2D eigenvalue weighted by molar-refractivity contribution is 9.10. The Morgan fingerprint density at radius 1 is 1.14 bits per heavy atom. The van der Waals surface area contributed by atoms with Crippen molar-refractivity contribution in [1.29, 1.82) is 0 Å². The van der Waals surface area contributed by atoms with Crippen LogP contribution in [0.2, 0.25) is 0 Å². The van der Waals surface area contributed by atoms with Crippen molar-refractivity contribution in [3.05, 3.63) is 63.9 Å². The lowest BCUT2D eigenvalue weighted by Crippen LogP contribution is -2.45. The van der Waals surface area contributed by atoms with Crippen molar-refractivity contribution in [3.8, 4) is 0 Å². The number of pyridine rings is 1. The number of aryl methyl sites for hydroxylation is 1. The van der Waals surface area contributed by atoms with Gasteiger partial charge in [0.15, 0.2) is 0 Å². The van der Waals surface area contributed by atoms with E-state index in [9.17, 15) is 0 Å². The normalized spacial score (nSPS) is 17.6. The zero-order valence-electron chi connectivity index (χ0n) is 12.2. The summed E-state index contributed by atoms with van der Waals surface area (Å²) in [6.07, 6.45) is 1.96. The molecule has 110 valence electrons. The first-order chi connectivity index (χ1) is 10.3. The predicted octanol–water partition coefficient (Wildman–Crippen LogP) is 3.15. The van der Waals surface area contributed by atoms with Gasteiger partial charge in [-0.25, -0.2) is 0 Å². The van der Waals surface area contributed by atoms with Crippen molar-refractivity contribution in [2.75, 3.05) is 26.2 Å². The van der Waals surface area contributed by atoms with Gasteiger partial charge >= 0.3 is 0 Å². The van der Waals surface area contributed by atoms with Gasteiger partial charge in [-0.05, 0) is 30.2 Å². The van der Waals surface area contributed by atoms with Gasteiger partial charge in [-0.15, -0.1) is 0 Å². The third-order valence-corrected chi connectivity index (χ3v) is 4.65. The smallest absolute Gasteiger partial charge is 0.0788 e. The second-order valence-electron chi connectivity index (χ2n) is 5.47. The fourth-order valence-corrected chi connectivity index (χ4v) is 3.32. The minimum Gasteiger partial charge on any atom is -0.314 e. The summed E-state index contributed by atoms with van der Waals surface area (Å²) in [5, 5.41) is 3.42. The molecule has 0 spiro atoms.